The van der Waals surface area contributed by atoms with Crippen molar-refractivity contribution in [2.75, 3.05) is 45.9 Å². The smallest absolute Gasteiger partial charge is 0.338 e. The molecule has 2 aliphatic heterocycles. The van der Waals surface area contributed by atoms with Crippen LogP contribution >= 0.6 is 11.3 Å². The van der Waals surface area contributed by atoms with Crippen LogP contribution in [0.4, 0.5) is 5.88 Å². The first-order valence-corrected chi connectivity index (χ1v) is 14.1. The number of benzene rings is 1. The molecule has 3 aromatic rings. The Hall–Kier alpha value is -3.99. The molecule has 212 valence electrons. The number of nitrogens with zero attached hydrogens (tertiary/aromatic N) is 3. The van der Waals surface area contributed by atoms with Gasteiger partial charge in [-0.25, -0.2) is 9.79 Å². The molecule has 0 saturated carbocycles. The van der Waals surface area contributed by atoms with Gasteiger partial charge in [0, 0.05) is 25.2 Å². The Labute approximate surface area is 235 Å². The molecule has 0 unspecified atom stereocenters. The van der Waals surface area contributed by atoms with Crippen LogP contribution in [0.25, 0.3) is 6.08 Å². The third-order valence-electron chi connectivity index (χ3n) is 7.07. The number of furan rings is 1. The van der Waals surface area contributed by atoms with E-state index in [1.807, 2.05) is 12.1 Å². The number of carbonyl (C=O) groups excluding carboxylic acids is 1. The second-order valence-electron chi connectivity index (χ2n) is 9.48. The molecule has 11 heteroatoms. The van der Waals surface area contributed by atoms with E-state index < -0.39 is 12.0 Å². The fourth-order valence-electron chi connectivity index (χ4n) is 5.20. The van der Waals surface area contributed by atoms with Crippen molar-refractivity contribution in [1.29, 1.82) is 0 Å². The molecule has 10 nitrogen and oxygen atoms in total. The number of methoxy groups -OCH3 is 3. The van der Waals surface area contributed by atoms with E-state index in [4.69, 9.17) is 23.4 Å². The van der Waals surface area contributed by atoms with Crippen molar-refractivity contribution in [3.05, 3.63) is 66.5 Å². The zero-order valence-electron chi connectivity index (χ0n) is 23.3. The summed E-state index contributed by atoms with van der Waals surface area (Å²) in [6, 6.07) is 6.45. The number of hydrogen-bond acceptors (Lipinski definition) is 10. The Morgan fingerprint density at radius 1 is 1.10 bits per heavy atom. The average molecular weight is 568 g/mol. The van der Waals surface area contributed by atoms with Crippen molar-refractivity contribution >= 4 is 29.3 Å². The minimum Gasteiger partial charge on any atom is -0.493 e. The van der Waals surface area contributed by atoms with E-state index in [-0.39, 0.29) is 17.7 Å². The van der Waals surface area contributed by atoms with E-state index in [2.05, 4.69) is 9.89 Å². The fourth-order valence-corrected chi connectivity index (χ4v) is 6.23. The lowest BCUT2D eigenvalue weighted by atomic mass is 9.95. The lowest BCUT2D eigenvalue weighted by Gasteiger charge is -2.26. The first kappa shape index (κ1) is 27.6. The third kappa shape index (κ3) is 5.01. The number of allylic oxidation sites excluding steroid dienone is 1. The van der Waals surface area contributed by atoms with Crippen LogP contribution in [0.2, 0.25) is 0 Å². The Kier molecular flexibility index (Phi) is 8.02. The molecule has 0 spiro atoms. The van der Waals surface area contributed by atoms with Crippen molar-refractivity contribution in [3.8, 4) is 17.2 Å². The molecule has 1 fully saturated rings. The van der Waals surface area contributed by atoms with Gasteiger partial charge in [0.2, 0.25) is 5.75 Å². The number of anilines is 1. The molecule has 1 aromatic carbocycles. The molecular formula is C29H33N3O7S. The second-order valence-corrected chi connectivity index (χ2v) is 10.5. The SMILES string of the molecule is CCOC(=O)C1=C(C)N=c2s/c(=C\c3ccc(N4CCCCC4)o3)c(=O)n2[C@@H]1c1cc(OC)c(OC)c(OC)c1. The normalized spacial score (nSPS) is 17.4. The predicted molar refractivity (Wildman–Crippen MR) is 151 cm³/mol. The number of esters is 1. The summed E-state index contributed by atoms with van der Waals surface area (Å²) in [6.45, 7) is 5.57. The summed E-state index contributed by atoms with van der Waals surface area (Å²) in [6.07, 6.45) is 5.23. The second kappa shape index (κ2) is 11.6. The summed E-state index contributed by atoms with van der Waals surface area (Å²) in [5.41, 5.74) is 1.02. The monoisotopic (exact) mass is 567 g/mol. The Morgan fingerprint density at radius 2 is 1.80 bits per heavy atom. The van der Waals surface area contributed by atoms with Crippen molar-refractivity contribution < 1.29 is 28.2 Å². The molecular weight excluding hydrogens is 534 g/mol. The highest BCUT2D eigenvalue weighted by Gasteiger charge is 2.34. The van der Waals surface area contributed by atoms with Crippen LogP contribution < -0.4 is 34.0 Å². The largest absolute Gasteiger partial charge is 0.493 e. The number of fused-ring (bicyclic) bond motifs is 1. The summed E-state index contributed by atoms with van der Waals surface area (Å²) < 4.78 is 30.1. The van der Waals surface area contributed by atoms with E-state index in [9.17, 15) is 9.59 Å². The van der Waals surface area contributed by atoms with Gasteiger partial charge in [-0.15, -0.1) is 0 Å². The molecule has 5 rings (SSSR count). The zero-order valence-corrected chi connectivity index (χ0v) is 24.1. The standard InChI is InChI=1S/C29H33N3O7S/c1-6-38-28(34)24-17(2)30-29-32(25(24)18-14-20(35-3)26(37-5)21(15-18)36-4)27(33)22(40-29)16-19-10-11-23(39-19)31-12-8-7-9-13-31/h10-11,14-16,25H,6-9,12-13H2,1-5H3/b22-16-/t25-/m1/s1. The van der Waals surface area contributed by atoms with Crippen molar-refractivity contribution in [2.24, 2.45) is 4.99 Å². The Balaban J connectivity index is 1.67. The minimum atomic E-state index is -0.827. The van der Waals surface area contributed by atoms with Crippen LogP contribution in [-0.2, 0) is 9.53 Å². The van der Waals surface area contributed by atoms with E-state index in [0.717, 1.165) is 31.8 Å². The van der Waals surface area contributed by atoms with Crippen molar-refractivity contribution in [3.63, 3.8) is 0 Å². The highest BCUT2D eigenvalue weighted by atomic mass is 32.1. The van der Waals surface area contributed by atoms with Gasteiger partial charge in [-0.2, -0.15) is 0 Å². The van der Waals surface area contributed by atoms with Crippen LogP contribution in [0.3, 0.4) is 0 Å². The van der Waals surface area contributed by atoms with Crippen LogP contribution in [-0.4, -0.2) is 51.6 Å². The number of rotatable bonds is 8. The Bertz CT molecular complexity index is 1600. The van der Waals surface area contributed by atoms with Crippen LogP contribution in [0.15, 0.2) is 49.7 Å². The average Bonchev–Trinajstić information content (AvgIpc) is 3.56. The van der Waals surface area contributed by atoms with Crippen LogP contribution in [0.1, 0.15) is 50.5 Å². The number of hydrogen-bond donors (Lipinski definition) is 0. The summed E-state index contributed by atoms with van der Waals surface area (Å²) in [5, 5.41) is 0. The number of piperidine rings is 1. The van der Waals surface area contributed by atoms with Gasteiger partial charge in [-0.05, 0) is 56.9 Å². The first-order valence-electron chi connectivity index (χ1n) is 13.2. The molecule has 0 aliphatic carbocycles. The lowest BCUT2D eigenvalue weighted by Crippen LogP contribution is -2.40. The van der Waals surface area contributed by atoms with Crippen molar-refractivity contribution in [1.82, 2.24) is 4.57 Å². The molecule has 0 amide bonds. The van der Waals surface area contributed by atoms with E-state index in [1.165, 1.54) is 43.7 Å². The predicted octanol–water partition coefficient (Wildman–Crippen LogP) is 3.41. The molecule has 40 heavy (non-hydrogen) atoms. The van der Waals surface area contributed by atoms with Gasteiger partial charge < -0.3 is 28.3 Å². The number of ether oxygens (including phenoxy) is 4. The summed E-state index contributed by atoms with van der Waals surface area (Å²) in [5.74, 6) is 2.04. The fraction of sp³-hybridized carbons (Fsp3) is 0.414. The van der Waals surface area contributed by atoms with Crippen LogP contribution in [0, 0.1) is 0 Å². The lowest BCUT2D eigenvalue weighted by molar-refractivity contribution is -0.139. The molecule has 4 heterocycles. The summed E-state index contributed by atoms with van der Waals surface area (Å²) >= 11 is 1.24. The van der Waals surface area contributed by atoms with E-state index in [1.54, 1.807) is 32.1 Å². The molecule has 1 saturated heterocycles. The van der Waals surface area contributed by atoms with E-state index in [0.29, 0.717) is 43.6 Å². The maximum atomic E-state index is 13.9. The molecule has 1 atom stereocenters. The van der Waals surface area contributed by atoms with Gasteiger partial charge in [0.05, 0.1) is 49.8 Å². The van der Waals surface area contributed by atoms with Gasteiger partial charge in [0.1, 0.15) is 5.76 Å². The van der Waals surface area contributed by atoms with Gasteiger partial charge in [0.25, 0.3) is 5.56 Å². The molecule has 0 N–H and O–H groups in total. The van der Waals surface area contributed by atoms with Gasteiger partial charge >= 0.3 is 5.97 Å². The first-order chi connectivity index (χ1) is 19.4. The highest BCUT2D eigenvalue weighted by molar-refractivity contribution is 7.07. The molecule has 2 aromatic heterocycles. The van der Waals surface area contributed by atoms with Gasteiger partial charge in [-0.1, -0.05) is 11.3 Å². The molecule has 0 bridgehead atoms. The van der Waals surface area contributed by atoms with E-state index >= 15 is 0 Å². The van der Waals surface area contributed by atoms with Gasteiger partial charge in [-0.3, -0.25) is 9.36 Å². The van der Waals surface area contributed by atoms with Gasteiger partial charge in [0.15, 0.2) is 22.2 Å². The topological polar surface area (TPSA) is 105 Å². The van der Waals surface area contributed by atoms with Crippen molar-refractivity contribution in [2.45, 2.75) is 39.2 Å². The quantitative estimate of drug-likeness (QED) is 0.382. The Morgan fingerprint density at radius 3 is 2.42 bits per heavy atom. The maximum absolute atomic E-state index is 13.9. The van der Waals surface area contributed by atoms with Crippen LogP contribution in [0.5, 0.6) is 17.2 Å². The highest BCUT2D eigenvalue weighted by Crippen LogP contribution is 2.42. The number of carbonyl (C=O) groups is 1. The third-order valence-corrected chi connectivity index (χ3v) is 8.06. The minimum absolute atomic E-state index is 0.180. The summed E-state index contributed by atoms with van der Waals surface area (Å²) in [4.78, 5) is 34.5. The summed E-state index contributed by atoms with van der Waals surface area (Å²) in [7, 11) is 4.55. The molecule has 2 aliphatic rings. The number of aromatic nitrogens is 1. The zero-order chi connectivity index (χ0) is 28.4. The number of thiazole rings is 1. The molecule has 0 radical (unpaired) electrons. The maximum Gasteiger partial charge on any atom is 0.338 e.